The van der Waals surface area contributed by atoms with Crippen LogP contribution in [0.2, 0.25) is 10.2 Å². The van der Waals surface area contributed by atoms with E-state index in [4.69, 9.17) is 23.2 Å². The summed E-state index contributed by atoms with van der Waals surface area (Å²) in [5.41, 5.74) is 5.89. The molecule has 0 aliphatic heterocycles. The predicted molar refractivity (Wildman–Crippen MR) is 117 cm³/mol. The first-order valence-corrected chi connectivity index (χ1v) is 10.4. The number of hydrogen-bond donors (Lipinski definition) is 1. The quantitative estimate of drug-likeness (QED) is 0.427. The van der Waals surface area contributed by atoms with Crippen LogP contribution in [0.1, 0.15) is 16.8 Å². The van der Waals surface area contributed by atoms with E-state index in [1.165, 1.54) is 18.0 Å². The third kappa shape index (κ3) is 5.38. The molecule has 144 valence electrons. The number of hydrazone groups is 1. The number of halogens is 2. The second-order valence-corrected chi connectivity index (χ2v) is 7.73. The van der Waals surface area contributed by atoms with Crippen LogP contribution in [-0.2, 0) is 10.5 Å². The molecule has 0 fully saturated rings. The van der Waals surface area contributed by atoms with Crippen molar-refractivity contribution in [2.75, 3.05) is 5.75 Å². The summed E-state index contributed by atoms with van der Waals surface area (Å²) in [7, 11) is 0. The summed E-state index contributed by atoms with van der Waals surface area (Å²) in [6.07, 6.45) is 1.52. The lowest BCUT2D eigenvalue weighted by molar-refractivity contribution is -0.118. The smallest absolute Gasteiger partial charge is 0.250 e. The Balaban J connectivity index is 1.53. The van der Waals surface area contributed by atoms with Gasteiger partial charge in [-0.2, -0.15) is 10.2 Å². The van der Waals surface area contributed by atoms with Gasteiger partial charge in [-0.15, -0.1) is 11.8 Å². The number of nitrogens with one attached hydrogen (secondary N) is 1. The van der Waals surface area contributed by atoms with Crippen molar-refractivity contribution in [3.05, 3.63) is 81.6 Å². The Hall–Kier alpha value is -2.28. The molecular weight excluding hydrogens is 415 g/mol. The molecule has 0 saturated heterocycles. The summed E-state index contributed by atoms with van der Waals surface area (Å²) in [6.45, 7) is 1.84. The minimum absolute atomic E-state index is 0.181. The van der Waals surface area contributed by atoms with Crippen LogP contribution in [0.15, 0.2) is 59.7 Å². The molecule has 0 spiro atoms. The first-order valence-electron chi connectivity index (χ1n) is 8.49. The van der Waals surface area contributed by atoms with E-state index < -0.39 is 0 Å². The van der Waals surface area contributed by atoms with Gasteiger partial charge in [0.05, 0.1) is 28.9 Å². The summed E-state index contributed by atoms with van der Waals surface area (Å²) >= 11 is 13.8. The molecule has 5 nitrogen and oxygen atoms in total. The van der Waals surface area contributed by atoms with Crippen molar-refractivity contribution in [1.29, 1.82) is 0 Å². The highest BCUT2D eigenvalue weighted by Gasteiger charge is 2.13. The molecule has 0 atom stereocenters. The second kappa shape index (κ2) is 9.78. The fraction of sp³-hybridized carbons (Fsp3) is 0.150. The van der Waals surface area contributed by atoms with Crippen LogP contribution in [0.3, 0.4) is 0 Å². The number of hydrogen-bond acceptors (Lipinski definition) is 4. The second-order valence-electron chi connectivity index (χ2n) is 5.95. The van der Waals surface area contributed by atoms with Crippen LogP contribution < -0.4 is 5.43 Å². The summed E-state index contributed by atoms with van der Waals surface area (Å²) in [4.78, 5) is 12.0. The highest BCUT2D eigenvalue weighted by atomic mass is 35.5. The van der Waals surface area contributed by atoms with Crippen molar-refractivity contribution < 1.29 is 4.79 Å². The van der Waals surface area contributed by atoms with E-state index in [9.17, 15) is 4.79 Å². The van der Waals surface area contributed by atoms with Crippen LogP contribution in [0.4, 0.5) is 0 Å². The molecule has 0 saturated carbocycles. The van der Waals surface area contributed by atoms with E-state index in [0.29, 0.717) is 21.5 Å². The Labute approximate surface area is 177 Å². The molecule has 8 heteroatoms. The molecule has 1 aromatic heterocycles. The number of para-hydroxylation sites is 1. The van der Waals surface area contributed by atoms with Crippen LogP contribution in [0.25, 0.3) is 5.69 Å². The maximum Gasteiger partial charge on any atom is 0.250 e. The Kier molecular flexibility index (Phi) is 7.14. The fourth-order valence-corrected chi connectivity index (χ4v) is 3.67. The number of amides is 1. The lowest BCUT2D eigenvalue weighted by Crippen LogP contribution is -2.19. The summed E-state index contributed by atoms with van der Waals surface area (Å²) in [6, 6.07) is 17.2. The number of thioether (sulfide) groups is 1. The van der Waals surface area contributed by atoms with Crippen molar-refractivity contribution in [2.24, 2.45) is 5.10 Å². The molecule has 3 rings (SSSR count). The molecule has 1 amide bonds. The highest BCUT2D eigenvalue weighted by molar-refractivity contribution is 7.99. The van der Waals surface area contributed by atoms with Gasteiger partial charge in [0.15, 0.2) is 0 Å². The Bertz CT molecular complexity index is 972. The van der Waals surface area contributed by atoms with Gasteiger partial charge in [-0.1, -0.05) is 53.5 Å². The van der Waals surface area contributed by atoms with Crippen molar-refractivity contribution in [3.63, 3.8) is 0 Å². The van der Waals surface area contributed by atoms with E-state index >= 15 is 0 Å². The number of benzene rings is 2. The third-order valence-corrected chi connectivity index (χ3v) is 5.47. The molecule has 2 aromatic carbocycles. The fourth-order valence-electron chi connectivity index (χ4n) is 2.44. The topological polar surface area (TPSA) is 59.3 Å². The number of aryl methyl sites for hydroxylation is 1. The normalized spacial score (nSPS) is 11.1. The largest absolute Gasteiger partial charge is 0.272 e. The minimum Gasteiger partial charge on any atom is -0.272 e. The summed E-state index contributed by atoms with van der Waals surface area (Å²) in [5.74, 6) is 0.846. The van der Waals surface area contributed by atoms with Crippen LogP contribution in [-0.4, -0.2) is 27.7 Å². The van der Waals surface area contributed by atoms with Crippen LogP contribution in [0, 0.1) is 6.92 Å². The zero-order chi connectivity index (χ0) is 19.9. The number of carbonyl (C=O) groups excluding carboxylic acids is 1. The molecule has 0 bridgehead atoms. The van der Waals surface area contributed by atoms with E-state index in [0.717, 1.165) is 22.7 Å². The van der Waals surface area contributed by atoms with Gasteiger partial charge in [0.25, 0.3) is 0 Å². The van der Waals surface area contributed by atoms with E-state index in [1.807, 2.05) is 61.5 Å². The van der Waals surface area contributed by atoms with Crippen LogP contribution in [0.5, 0.6) is 0 Å². The molecule has 0 unspecified atom stereocenters. The Morgan fingerprint density at radius 2 is 1.89 bits per heavy atom. The molecule has 1 N–H and O–H groups in total. The number of carbonyl (C=O) groups is 1. The molecule has 0 aliphatic rings. The number of nitrogens with zero attached hydrogens (tertiary/aromatic N) is 3. The van der Waals surface area contributed by atoms with Gasteiger partial charge in [0, 0.05) is 10.8 Å². The minimum atomic E-state index is -0.181. The molecule has 0 aliphatic carbocycles. The first-order chi connectivity index (χ1) is 13.5. The third-order valence-electron chi connectivity index (χ3n) is 3.85. The van der Waals surface area contributed by atoms with Gasteiger partial charge >= 0.3 is 0 Å². The maximum absolute atomic E-state index is 12.0. The van der Waals surface area contributed by atoms with Crippen molar-refractivity contribution in [3.8, 4) is 5.69 Å². The summed E-state index contributed by atoms with van der Waals surface area (Å²) < 4.78 is 1.64. The molecule has 28 heavy (non-hydrogen) atoms. The van der Waals surface area contributed by atoms with Gasteiger partial charge in [-0.05, 0) is 36.8 Å². The molecule has 1 heterocycles. The zero-order valence-electron chi connectivity index (χ0n) is 15.1. The van der Waals surface area contributed by atoms with Gasteiger partial charge < -0.3 is 0 Å². The van der Waals surface area contributed by atoms with Gasteiger partial charge in [0.2, 0.25) is 5.91 Å². The molecule has 0 radical (unpaired) electrons. The van der Waals surface area contributed by atoms with Gasteiger partial charge in [-0.25, -0.2) is 10.1 Å². The van der Waals surface area contributed by atoms with Gasteiger partial charge in [-0.3, -0.25) is 4.79 Å². The average Bonchev–Trinajstić information content (AvgIpc) is 2.98. The summed E-state index contributed by atoms with van der Waals surface area (Å²) in [5, 5.41) is 9.59. The Morgan fingerprint density at radius 3 is 2.61 bits per heavy atom. The van der Waals surface area contributed by atoms with E-state index in [-0.39, 0.29) is 5.91 Å². The monoisotopic (exact) mass is 432 g/mol. The highest BCUT2D eigenvalue weighted by Crippen LogP contribution is 2.22. The number of aromatic nitrogens is 2. The van der Waals surface area contributed by atoms with E-state index in [1.54, 1.807) is 4.68 Å². The predicted octanol–water partition coefficient (Wildman–Crippen LogP) is 4.87. The van der Waals surface area contributed by atoms with E-state index in [2.05, 4.69) is 15.6 Å². The lowest BCUT2D eigenvalue weighted by atomic mass is 10.2. The van der Waals surface area contributed by atoms with Crippen molar-refractivity contribution in [1.82, 2.24) is 15.2 Å². The molecular formula is C20H18Cl2N4OS. The standard InChI is InChI=1S/C20H18Cl2N4OS/c1-14-18(20(22)26(25-14)17-5-3-2-4-6-17)11-23-24-19(27)13-28-12-15-7-9-16(21)10-8-15/h2-11H,12-13H2,1H3,(H,24,27)/b23-11+. The SMILES string of the molecule is Cc1nn(-c2ccccc2)c(Cl)c1/C=N/NC(=O)CSCc1ccc(Cl)cc1. The first kappa shape index (κ1) is 20.5. The lowest BCUT2D eigenvalue weighted by Gasteiger charge is -2.02. The van der Waals surface area contributed by atoms with Gasteiger partial charge in [0.1, 0.15) is 5.15 Å². The Morgan fingerprint density at radius 1 is 1.18 bits per heavy atom. The van der Waals surface area contributed by atoms with Crippen molar-refractivity contribution in [2.45, 2.75) is 12.7 Å². The van der Waals surface area contributed by atoms with Crippen LogP contribution >= 0.6 is 35.0 Å². The number of rotatable bonds is 7. The van der Waals surface area contributed by atoms with Crippen molar-refractivity contribution >= 4 is 47.1 Å². The zero-order valence-corrected chi connectivity index (χ0v) is 17.4. The average molecular weight is 433 g/mol. The molecule has 3 aromatic rings. The maximum atomic E-state index is 12.0.